The minimum atomic E-state index is -4.75. The Bertz CT molecular complexity index is 1900. The van der Waals surface area contributed by atoms with Gasteiger partial charge in [0.1, 0.15) is 12.1 Å². The molecule has 0 unspecified atom stereocenters. The Hall–Kier alpha value is -4.71. The number of carbonyl (C=O) groups excluding carboxylic acids is 1. The second kappa shape index (κ2) is 12.0. The molecule has 3 aromatic carbocycles. The Kier molecular flexibility index (Phi) is 8.08. The summed E-state index contributed by atoms with van der Waals surface area (Å²) in [6.07, 6.45) is 0.299. The molecule has 1 aliphatic carbocycles. The van der Waals surface area contributed by atoms with Crippen molar-refractivity contribution >= 4 is 17.4 Å². The predicted octanol–water partition coefficient (Wildman–Crippen LogP) is 7.55. The molecule has 0 radical (unpaired) electrons. The van der Waals surface area contributed by atoms with Gasteiger partial charge in [-0.1, -0.05) is 49.7 Å². The zero-order valence-electron chi connectivity index (χ0n) is 24.9. The van der Waals surface area contributed by atoms with Crippen LogP contribution in [0.25, 0.3) is 22.8 Å². The first-order chi connectivity index (χ1) is 21.5. The van der Waals surface area contributed by atoms with Gasteiger partial charge >= 0.3 is 12.4 Å². The molecule has 1 fully saturated rings. The van der Waals surface area contributed by atoms with E-state index in [0.29, 0.717) is 16.3 Å². The first kappa shape index (κ1) is 30.3. The van der Waals surface area contributed by atoms with Crippen molar-refractivity contribution in [2.45, 2.75) is 58.4 Å². The molecule has 2 aromatic heterocycles. The summed E-state index contributed by atoms with van der Waals surface area (Å²) in [7, 11) is 0. The van der Waals surface area contributed by atoms with Crippen molar-refractivity contribution in [1.82, 2.24) is 24.6 Å². The molecular formula is C33H31F3N6O2S. The van der Waals surface area contributed by atoms with Gasteiger partial charge in [0.15, 0.2) is 10.6 Å². The number of amides is 2. The molecule has 5 aromatic rings. The Morgan fingerprint density at radius 3 is 2.47 bits per heavy atom. The fraction of sp³-hybridized carbons (Fsp3) is 0.273. The van der Waals surface area contributed by atoms with Crippen molar-refractivity contribution in [1.29, 1.82) is 0 Å². The lowest BCUT2D eigenvalue weighted by Crippen LogP contribution is -2.34. The first-order valence-electron chi connectivity index (χ1n) is 14.6. The van der Waals surface area contributed by atoms with E-state index in [-0.39, 0.29) is 11.8 Å². The van der Waals surface area contributed by atoms with Crippen LogP contribution in [0.4, 0.5) is 18.0 Å². The number of aryl methyl sites for hydroxylation is 3. The zero-order valence-corrected chi connectivity index (χ0v) is 25.7. The highest BCUT2D eigenvalue weighted by Gasteiger charge is 2.45. The number of hydrogen-bond donors (Lipinski definition) is 1. The molecule has 12 heteroatoms. The largest absolute Gasteiger partial charge is 0.573 e. The first-order valence-corrected chi connectivity index (χ1v) is 15.4. The minimum absolute atomic E-state index is 0.312. The summed E-state index contributed by atoms with van der Waals surface area (Å²) in [5, 5.41) is 9.64. The Labute approximate surface area is 261 Å². The van der Waals surface area contributed by atoms with E-state index in [9.17, 15) is 18.0 Å². The van der Waals surface area contributed by atoms with E-state index in [1.54, 1.807) is 0 Å². The molecule has 8 nitrogen and oxygen atoms in total. The third-order valence-corrected chi connectivity index (χ3v) is 8.64. The molecule has 0 atom stereocenters. The number of benzene rings is 3. The van der Waals surface area contributed by atoms with Gasteiger partial charge in [0.25, 0.3) is 0 Å². The number of alkyl halides is 3. The Morgan fingerprint density at radius 1 is 1.07 bits per heavy atom. The molecule has 0 bridgehead atoms. The van der Waals surface area contributed by atoms with Crippen LogP contribution < -0.4 is 14.9 Å². The molecule has 45 heavy (non-hydrogen) atoms. The molecule has 0 spiro atoms. The van der Waals surface area contributed by atoms with Crippen LogP contribution in [-0.4, -0.2) is 31.7 Å². The number of halogens is 3. The molecule has 1 saturated carbocycles. The summed E-state index contributed by atoms with van der Waals surface area (Å²) < 4.78 is 44.8. The summed E-state index contributed by atoms with van der Waals surface area (Å²) in [4.78, 5) is 22.7. The second-order valence-corrected chi connectivity index (χ2v) is 12.0. The second-order valence-electron chi connectivity index (χ2n) is 11.1. The topological polar surface area (TPSA) is 86.3 Å². The normalized spacial score (nSPS) is 14.4. The number of nitrogens with zero attached hydrogens (tertiary/aromatic N) is 5. The number of rotatable bonds is 8. The van der Waals surface area contributed by atoms with E-state index < -0.39 is 11.9 Å². The van der Waals surface area contributed by atoms with Crippen LogP contribution in [0.5, 0.6) is 5.75 Å². The number of ether oxygens (including phenoxy) is 1. The van der Waals surface area contributed by atoms with Gasteiger partial charge in [0, 0.05) is 16.6 Å². The highest BCUT2D eigenvalue weighted by atomic mass is 32.1. The van der Waals surface area contributed by atoms with Crippen LogP contribution in [0.3, 0.4) is 0 Å². The van der Waals surface area contributed by atoms with Crippen molar-refractivity contribution in [3.05, 3.63) is 106 Å². The smallest absolute Gasteiger partial charge is 0.406 e. The van der Waals surface area contributed by atoms with Crippen molar-refractivity contribution in [2.24, 2.45) is 4.99 Å². The number of aromatic nitrogens is 4. The van der Waals surface area contributed by atoms with E-state index in [0.717, 1.165) is 53.8 Å². The summed E-state index contributed by atoms with van der Waals surface area (Å²) in [6.45, 7) is 6.24. The van der Waals surface area contributed by atoms with Crippen molar-refractivity contribution in [2.75, 3.05) is 0 Å². The lowest BCUT2D eigenvalue weighted by molar-refractivity contribution is -0.274. The quantitative estimate of drug-likeness (QED) is 0.191. The highest BCUT2D eigenvalue weighted by molar-refractivity contribution is 7.07. The van der Waals surface area contributed by atoms with Crippen LogP contribution in [0.2, 0.25) is 0 Å². The lowest BCUT2D eigenvalue weighted by atomic mass is 10.0. The third-order valence-electron chi connectivity index (χ3n) is 7.70. The third kappa shape index (κ3) is 6.70. The summed E-state index contributed by atoms with van der Waals surface area (Å²) in [5.41, 5.74) is 6.23. The van der Waals surface area contributed by atoms with E-state index >= 15 is 0 Å². The van der Waals surface area contributed by atoms with Crippen molar-refractivity contribution in [3.63, 3.8) is 0 Å². The molecule has 0 aliphatic heterocycles. The number of nitrogens with one attached hydrogen (secondary N) is 1. The van der Waals surface area contributed by atoms with Gasteiger partial charge in [-0.2, -0.15) is 4.99 Å². The van der Waals surface area contributed by atoms with Gasteiger partial charge < -0.3 is 10.1 Å². The van der Waals surface area contributed by atoms with Crippen LogP contribution in [0.1, 0.15) is 48.6 Å². The van der Waals surface area contributed by atoms with Crippen molar-refractivity contribution < 1.29 is 22.7 Å². The zero-order chi connectivity index (χ0) is 31.8. The van der Waals surface area contributed by atoms with Gasteiger partial charge in [0.2, 0.25) is 0 Å². The summed E-state index contributed by atoms with van der Waals surface area (Å²) in [5.74, 6) is 0.144. The molecule has 6 rings (SSSR count). The van der Waals surface area contributed by atoms with Crippen LogP contribution in [0.15, 0.2) is 83.4 Å². The molecule has 232 valence electrons. The monoisotopic (exact) mass is 632 g/mol. The van der Waals surface area contributed by atoms with Gasteiger partial charge in [-0.25, -0.2) is 14.5 Å². The minimum Gasteiger partial charge on any atom is -0.406 e. The van der Waals surface area contributed by atoms with E-state index in [2.05, 4.69) is 61.7 Å². The number of urea groups is 1. The average molecular weight is 633 g/mol. The maximum absolute atomic E-state index is 13.3. The number of thiazole rings is 1. The molecule has 1 aliphatic rings. The van der Waals surface area contributed by atoms with Gasteiger partial charge in [-0.15, -0.1) is 29.6 Å². The van der Waals surface area contributed by atoms with Gasteiger partial charge in [-0.05, 0) is 80.1 Å². The predicted molar refractivity (Wildman–Crippen MR) is 166 cm³/mol. The van der Waals surface area contributed by atoms with Crippen molar-refractivity contribution in [3.8, 4) is 28.5 Å². The molecular weight excluding hydrogens is 601 g/mol. The van der Waals surface area contributed by atoms with E-state index in [4.69, 9.17) is 0 Å². The lowest BCUT2D eigenvalue weighted by Gasteiger charge is -2.17. The fourth-order valence-corrected chi connectivity index (χ4v) is 6.18. The SMILES string of the molecule is CCCc1ccc(C)cc1-n1c(C)cs/c1=N\C(=O)NC1(c2ccc(-c3ncn(-c4ccc(OC(F)(F)F)cc4)n3)cc2)CC1. The van der Waals surface area contributed by atoms with E-state index in [1.807, 2.05) is 36.6 Å². The van der Waals surface area contributed by atoms with Crippen LogP contribution >= 0.6 is 11.3 Å². The molecule has 2 amide bonds. The van der Waals surface area contributed by atoms with Gasteiger partial charge in [0.05, 0.1) is 16.9 Å². The molecule has 1 N–H and O–H groups in total. The van der Waals surface area contributed by atoms with Crippen LogP contribution in [0, 0.1) is 13.8 Å². The Morgan fingerprint density at radius 2 is 1.80 bits per heavy atom. The number of hydrogen-bond acceptors (Lipinski definition) is 5. The van der Waals surface area contributed by atoms with Crippen LogP contribution in [-0.2, 0) is 12.0 Å². The standard InChI is InChI=1S/C33H31F3N6O2S/c1-4-5-23-7-6-21(2)18-28(23)42-22(3)19-45-31(42)38-30(43)39-32(16-17-32)25-10-8-24(9-11-25)29-37-20-41(40-29)26-12-14-27(15-13-26)44-33(34,35)36/h6-15,18-20H,4-5,16-17H2,1-3H3,(H,39,43)/b38-31-. The maximum atomic E-state index is 13.3. The maximum Gasteiger partial charge on any atom is 0.573 e. The summed E-state index contributed by atoms with van der Waals surface area (Å²) in [6, 6.07) is 19.1. The molecule has 0 saturated heterocycles. The van der Waals surface area contributed by atoms with E-state index in [1.165, 1.54) is 52.2 Å². The number of carbonyl (C=O) groups is 1. The average Bonchev–Trinajstić information content (AvgIpc) is 3.44. The molecule has 2 heterocycles. The Balaban J connectivity index is 1.18. The van der Waals surface area contributed by atoms with Gasteiger partial charge in [-0.3, -0.25) is 4.57 Å². The fourth-order valence-electron chi connectivity index (χ4n) is 5.32. The summed E-state index contributed by atoms with van der Waals surface area (Å²) >= 11 is 1.45. The highest BCUT2D eigenvalue weighted by Crippen LogP contribution is 2.45.